The summed E-state index contributed by atoms with van der Waals surface area (Å²) in [5, 5.41) is 1.57. The summed E-state index contributed by atoms with van der Waals surface area (Å²) in [5.74, 6) is -0.485. The van der Waals surface area contributed by atoms with Crippen molar-refractivity contribution in [1.82, 2.24) is 5.06 Å². The van der Waals surface area contributed by atoms with E-state index in [0.717, 1.165) is 0 Å². The van der Waals surface area contributed by atoms with Crippen LogP contribution in [-0.4, -0.2) is 23.1 Å². The first-order valence-corrected chi connectivity index (χ1v) is 6.81. The molecular weight excluding hydrogens is 262 g/mol. The van der Waals surface area contributed by atoms with Gasteiger partial charge in [0.25, 0.3) is 0 Å². The van der Waals surface area contributed by atoms with Crippen LogP contribution < -0.4 is 0 Å². The minimum absolute atomic E-state index is 0.189. The molecule has 0 radical (unpaired) electrons. The smallest absolute Gasteiger partial charge is 0.352 e. The van der Waals surface area contributed by atoms with Crippen molar-refractivity contribution >= 4 is 5.97 Å². The molecule has 0 aromatic rings. The maximum atomic E-state index is 12.1. The molecule has 0 heterocycles. The van der Waals surface area contributed by atoms with Crippen molar-refractivity contribution < 1.29 is 9.63 Å². The molecule has 0 aromatic carbocycles. The second-order valence-electron chi connectivity index (χ2n) is 4.49. The zero-order valence-corrected chi connectivity index (χ0v) is 12.7. The van der Waals surface area contributed by atoms with Crippen LogP contribution in [0.1, 0.15) is 19.3 Å². The highest BCUT2D eigenvalue weighted by molar-refractivity contribution is 5.87. The van der Waals surface area contributed by atoms with Gasteiger partial charge in [0.1, 0.15) is 0 Å². The Bertz CT molecular complexity index is 401. The number of hydrogen-bond donors (Lipinski definition) is 0. The zero-order valence-electron chi connectivity index (χ0n) is 12.7. The number of carbonyl (C=O) groups excluding carboxylic acids is 1. The quantitative estimate of drug-likeness (QED) is 0.307. The fourth-order valence-corrected chi connectivity index (χ4v) is 1.75. The molecule has 0 amide bonds. The molecule has 21 heavy (non-hydrogen) atoms. The fourth-order valence-electron chi connectivity index (χ4n) is 1.75. The lowest BCUT2D eigenvalue weighted by molar-refractivity contribution is -0.200. The van der Waals surface area contributed by atoms with Gasteiger partial charge in [0.05, 0.1) is 12.1 Å². The van der Waals surface area contributed by atoms with E-state index in [-0.39, 0.29) is 12.1 Å². The third-order valence-corrected chi connectivity index (χ3v) is 2.88. The van der Waals surface area contributed by atoms with Crippen LogP contribution in [0.3, 0.4) is 0 Å². The summed E-state index contributed by atoms with van der Waals surface area (Å²) in [7, 11) is 0. The van der Waals surface area contributed by atoms with Crippen molar-refractivity contribution in [2.45, 2.75) is 31.3 Å². The lowest BCUT2D eigenvalue weighted by atomic mass is 10.1. The highest BCUT2D eigenvalue weighted by Crippen LogP contribution is 2.18. The van der Waals surface area contributed by atoms with E-state index in [1.54, 1.807) is 35.4 Å². The van der Waals surface area contributed by atoms with Gasteiger partial charge >= 0.3 is 5.97 Å². The Morgan fingerprint density at radius 3 is 1.76 bits per heavy atom. The predicted molar refractivity (Wildman–Crippen MR) is 89.5 cm³/mol. The first-order chi connectivity index (χ1) is 10.0. The molecule has 0 rings (SSSR count). The predicted octanol–water partition coefficient (Wildman–Crippen LogP) is 4.14. The summed E-state index contributed by atoms with van der Waals surface area (Å²) in [5.41, 5.74) is 0.345. The van der Waals surface area contributed by atoms with E-state index in [1.807, 2.05) is 0 Å². The maximum absolute atomic E-state index is 12.1. The Morgan fingerprint density at radius 1 is 0.952 bits per heavy atom. The van der Waals surface area contributed by atoms with Gasteiger partial charge in [0, 0.05) is 5.57 Å². The molecule has 3 nitrogen and oxygen atoms in total. The van der Waals surface area contributed by atoms with Gasteiger partial charge < -0.3 is 4.84 Å². The molecule has 3 heteroatoms. The van der Waals surface area contributed by atoms with E-state index in [4.69, 9.17) is 4.84 Å². The second kappa shape index (κ2) is 10.6. The second-order valence-corrected chi connectivity index (χ2v) is 4.49. The first-order valence-electron chi connectivity index (χ1n) is 6.81. The summed E-state index contributed by atoms with van der Waals surface area (Å²) in [6.07, 6.45) is 10.1. The average molecular weight is 287 g/mol. The zero-order chi connectivity index (χ0) is 16.3. The van der Waals surface area contributed by atoms with Crippen LogP contribution in [0, 0.1) is 0 Å². The third kappa shape index (κ3) is 6.23. The molecule has 2 unspecified atom stereocenters. The molecule has 0 spiro atoms. The Hall–Kier alpha value is -2.13. The van der Waals surface area contributed by atoms with E-state index in [1.165, 1.54) is 0 Å². The molecule has 0 aliphatic heterocycles. The standard InChI is InChI=1S/C18H25NO2/c1-7-12-15(6)18(20)21-19(16(10-4)13-8-2)17(11-5)14-9-3/h7-11,16-17H,1-6,12-14H2. The summed E-state index contributed by atoms with van der Waals surface area (Å²) in [4.78, 5) is 17.5. The Labute approximate surface area is 128 Å². The third-order valence-electron chi connectivity index (χ3n) is 2.88. The van der Waals surface area contributed by atoms with Crippen LogP contribution in [0.2, 0.25) is 0 Å². The number of allylic oxidation sites excluding steroid dienone is 1. The van der Waals surface area contributed by atoms with E-state index in [2.05, 4.69) is 39.5 Å². The molecular formula is C18H25NO2. The van der Waals surface area contributed by atoms with Crippen molar-refractivity contribution in [3.05, 3.63) is 75.4 Å². The molecule has 114 valence electrons. The summed E-state index contributed by atoms with van der Waals surface area (Å²) < 4.78 is 0. The van der Waals surface area contributed by atoms with Crippen LogP contribution >= 0.6 is 0 Å². The van der Waals surface area contributed by atoms with E-state index < -0.39 is 5.97 Å². The summed E-state index contributed by atoms with van der Waals surface area (Å²) in [6, 6.07) is -0.378. The monoisotopic (exact) mass is 287 g/mol. The SMILES string of the molecule is C=CCC(=C)C(=O)ON(C(C=C)CC=C)C(C=C)CC=C. The van der Waals surface area contributed by atoms with Crippen LogP contribution in [0.4, 0.5) is 0 Å². The van der Waals surface area contributed by atoms with Gasteiger partial charge in [-0.3, -0.25) is 0 Å². The van der Waals surface area contributed by atoms with E-state index >= 15 is 0 Å². The van der Waals surface area contributed by atoms with Crippen LogP contribution in [-0.2, 0) is 9.63 Å². The number of rotatable bonds is 12. The molecule has 2 atom stereocenters. The molecule has 0 N–H and O–H groups in total. The van der Waals surface area contributed by atoms with Crippen LogP contribution in [0.5, 0.6) is 0 Å². The average Bonchev–Trinajstić information content (AvgIpc) is 2.48. The van der Waals surface area contributed by atoms with Gasteiger partial charge in [-0.25, -0.2) is 4.79 Å². The van der Waals surface area contributed by atoms with Crippen molar-refractivity contribution in [1.29, 1.82) is 0 Å². The van der Waals surface area contributed by atoms with Crippen molar-refractivity contribution in [3.8, 4) is 0 Å². The summed E-state index contributed by atoms with van der Waals surface area (Å²) in [6.45, 7) is 22.3. The Balaban J connectivity index is 5.22. The highest BCUT2D eigenvalue weighted by Gasteiger charge is 2.26. The van der Waals surface area contributed by atoms with Crippen LogP contribution in [0.15, 0.2) is 75.4 Å². The normalized spacial score (nSPS) is 12.8. The van der Waals surface area contributed by atoms with Crippen molar-refractivity contribution in [2.75, 3.05) is 0 Å². The number of hydroxylamine groups is 2. The number of nitrogens with zero attached hydrogens (tertiary/aromatic N) is 1. The molecule has 0 fully saturated rings. The molecule has 0 saturated carbocycles. The van der Waals surface area contributed by atoms with Gasteiger partial charge in [0.2, 0.25) is 0 Å². The van der Waals surface area contributed by atoms with Gasteiger partial charge in [0.15, 0.2) is 0 Å². The minimum atomic E-state index is -0.485. The fraction of sp³-hybridized carbons (Fsp3) is 0.278. The van der Waals surface area contributed by atoms with Gasteiger partial charge in [-0.2, -0.15) is 0 Å². The van der Waals surface area contributed by atoms with E-state index in [0.29, 0.717) is 24.8 Å². The topological polar surface area (TPSA) is 29.5 Å². The molecule has 0 aliphatic carbocycles. The molecule has 0 aliphatic rings. The minimum Gasteiger partial charge on any atom is -0.363 e. The molecule has 0 saturated heterocycles. The largest absolute Gasteiger partial charge is 0.363 e. The van der Waals surface area contributed by atoms with E-state index in [9.17, 15) is 4.79 Å². The van der Waals surface area contributed by atoms with Gasteiger partial charge in [-0.05, 0) is 19.3 Å². The first kappa shape index (κ1) is 18.9. The Kier molecular flexibility index (Phi) is 9.55. The number of hydrogen-bond acceptors (Lipinski definition) is 3. The maximum Gasteiger partial charge on any atom is 0.352 e. The van der Waals surface area contributed by atoms with Crippen molar-refractivity contribution in [2.24, 2.45) is 0 Å². The van der Waals surface area contributed by atoms with Gasteiger partial charge in [-0.15, -0.1) is 38.0 Å². The lowest BCUT2D eigenvalue weighted by Crippen LogP contribution is -2.42. The van der Waals surface area contributed by atoms with Crippen LogP contribution in [0.25, 0.3) is 0 Å². The highest BCUT2D eigenvalue weighted by atomic mass is 16.7. The number of carbonyl (C=O) groups is 1. The molecule has 0 bridgehead atoms. The lowest BCUT2D eigenvalue weighted by Gasteiger charge is -2.32. The van der Waals surface area contributed by atoms with Crippen molar-refractivity contribution in [3.63, 3.8) is 0 Å². The van der Waals surface area contributed by atoms with Gasteiger partial charge in [-0.1, -0.05) is 37.0 Å². The summed E-state index contributed by atoms with van der Waals surface area (Å²) >= 11 is 0. The Morgan fingerprint density at radius 2 is 1.43 bits per heavy atom. The molecule has 0 aromatic heterocycles.